The maximum atomic E-state index is 11.9. The summed E-state index contributed by atoms with van der Waals surface area (Å²) < 4.78 is 0. The van der Waals surface area contributed by atoms with E-state index in [4.69, 9.17) is 10.9 Å². The van der Waals surface area contributed by atoms with Crippen LogP contribution in [0.5, 0.6) is 0 Å². The van der Waals surface area contributed by atoms with Gasteiger partial charge in [-0.25, -0.2) is 5.48 Å². The van der Waals surface area contributed by atoms with E-state index in [0.29, 0.717) is 25.2 Å². The van der Waals surface area contributed by atoms with Crippen molar-refractivity contribution in [1.29, 1.82) is 0 Å². The van der Waals surface area contributed by atoms with Gasteiger partial charge < -0.3 is 11.1 Å². The normalized spacial score (nSPS) is 12.0. The average molecular weight is 294 g/mol. The fourth-order valence-corrected chi connectivity index (χ4v) is 1.93. The van der Waals surface area contributed by atoms with Gasteiger partial charge in [0.1, 0.15) is 0 Å². The second kappa shape index (κ2) is 9.06. The molecule has 5 N–H and O–H groups in total. The number of benzene rings is 1. The van der Waals surface area contributed by atoms with Gasteiger partial charge in [-0.1, -0.05) is 25.1 Å². The van der Waals surface area contributed by atoms with Crippen molar-refractivity contribution in [2.45, 2.75) is 19.5 Å². The van der Waals surface area contributed by atoms with Gasteiger partial charge in [-0.3, -0.25) is 19.7 Å². The minimum absolute atomic E-state index is 0.00300. The summed E-state index contributed by atoms with van der Waals surface area (Å²) in [6.07, 6.45) is -0.507. The van der Waals surface area contributed by atoms with Crippen LogP contribution in [0.2, 0.25) is 0 Å². The minimum atomic E-state index is -0.533. The summed E-state index contributed by atoms with van der Waals surface area (Å²) in [5, 5.41) is 11.3. The second-order valence-electron chi connectivity index (χ2n) is 4.56. The zero-order valence-corrected chi connectivity index (χ0v) is 12.1. The van der Waals surface area contributed by atoms with E-state index in [2.05, 4.69) is 5.32 Å². The molecule has 7 nitrogen and oxygen atoms in total. The Morgan fingerprint density at radius 3 is 2.57 bits per heavy atom. The van der Waals surface area contributed by atoms with Gasteiger partial charge in [0.2, 0.25) is 5.91 Å². The monoisotopic (exact) mass is 294 g/mol. The number of rotatable bonds is 8. The Balaban J connectivity index is 2.38. The zero-order valence-electron chi connectivity index (χ0n) is 12.1. The third-order valence-corrected chi connectivity index (χ3v) is 3.11. The van der Waals surface area contributed by atoms with Gasteiger partial charge >= 0.3 is 0 Å². The number of nitrogens with zero attached hydrogens (tertiary/aromatic N) is 1. The van der Waals surface area contributed by atoms with Crippen LogP contribution in [0.3, 0.4) is 0 Å². The third kappa shape index (κ3) is 5.90. The molecule has 1 rings (SSSR count). The van der Waals surface area contributed by atoms with Crippen LogP contribution >= 0.6 is 0 Å². The summed E-state index contributed by atoms with van der Waals surface area (Å²) in [4.78, 5) is 24.8. The molecule has 1 aromatic rings. The molecule has 0 saturated carbocycles. The number of nitrogens with one attached hydrogen (secondary N) is 2. The lowest BCUT2D eigenvalue weighted by Crippen LogP contribution is -2.47. The lowest BCUT2D eigenvalue weighted by atomic mass is 10.2. The fourth-order valence-electron chi connectivity index (χ4n) is 1.93. The Morgan fingerprint density at radius 2 is 2.00 bits per heavy atom. The van der Waals surface area contributed by atoms with Crippen molar-refractivity contribution in [1.82, 2.24) is 15.7 Å². The summed E-state index contributed by atoms with van der Waals surface area (Å²) >= 11 is 0. The molecule has 0 radical (unpaired) electrons. The number of carbonyl (C=O) groups is 2. The highest BCUT2D eigenvalue weighted by atomic mass is 16.5. The quantitative estimate of drug-likeness (QED) is 0.305. The molecule has 116 valence electrons. The topological polar surface area (TPSA) is 108 Å². The van der Waals surface area contributed by atoms with Gasteiger partial charge in [0, 0.05) is 18.7 Å². The van der Waals surface area contributed by atoms with E-state index in [1.54, 1.807) is 29.7 Å². The van der Waals surface area contributed by atoms with Crippen molar-refractivity contribution in [2.24, 2.45) is 5.73 Å². The molecule has 1 aromatic carbocycles. The summed E-state index contributed by atoms with van der Waals surface area (Å²) in [5.74, 6) is -0.678. The Hall–Kier alpha value is -1.96. The lowest BCUT2D eigenvalue weighted by molar-refractivity contribution is -0.130. The van der Waals surface area contributed by atoms with Gasteiger partial charge in [-0.15, -0.1) is 0 Å². The fraction of sp³-hybridized carbons (Fsp3) is 0.429. The first kappa shape index (κ1) is 17.1. The second-order valence-corrected chi connectivity index (χ2v) is 4.56. The summed E-state index contributed by atoms with van der Waals surface area (Å²) in [6.45, 7) is 3.50. The van der Waals surface area contributed by atoms with Crippen molar-refractivity contribution in [3.05, 3.63) is 35.9 Å². The first-order valence-electron chi connectivity index (χ1n) is 6.84. The van der Waals surface area contributed by atoms with Gasteiger partial charge in [-0.2, -0.15) is 0 Å². The van der Waals surface area contributed by atoms with Crippen molar-refractivity contribution < 1.29 is 14.8 Å². The molecule has 0 heterocycles. The highest BCUT2D eigenvalue weighted by molar-refractivity contribution is 5.94. The van der Waals surface area contributed by atoms with Crippen LogP contribution in [0.25, 0.3) is 0 Å². The Labute approximate surface area is 124 Å². The first-order valence-corrected chi connectivity index (χ1v) is 6.84. The number of hydroxylamine groups is 1. The van der Waals surface area contributed by atoms with Gasteiger partial charge in [0.25, 0.3) is 5.91 Å². The van der Waals surface area contributed by atoms with E-state index in [9.17, 15) is 9.59 Å². The zero-order chi connectivity index (χ0) is 15.7. The molecular weight excluding hydrogens is 272 g/mol. The molecule has 0 aliphatic heterocycles. The predicted octanol–water partition coefficient (Wildman–Crippen LogP) is -0.0814. The van der Waals surface area contributed by atoms with Crippen molar-refractivity contribution in [3.8, 4) is 0 Å². The molecule has 7 heteroatoms. The maximum Gasteiger partial charge on any atom is 0.251 e. The number of amides is 2. The van der Waals surface area contributed by atoms with Crippen LogP contribution in [0, 0.1) is 0 Å². The smallest absolute Gasteiger partial charge is 0.251 e. The van der Waals surface area contributed by atoms with Crippen LogP contribution in [0.15, 0.2) is 30.3 Å². The van der Waals surface area contributed by atoms with E-state index < -0.39 is 12.1 Å². The number of nitrogens with two attached hydrogens (primary N) is 1. The maximum absolute atomic E-state index is 11.9. The average Bonchev–Trinajstić information content (AvgIpc) is 2.51. The number of hydrogen-bond donors (Lipinski definition) is 4. The molecule has 0 spiro atoms. The molecular formula is C14H22N4O3. The highest BCUT2D eigenvalue weighted by Gasteiger charge is 2.16. The molecule has 2 amide bonds. The Bertz CT molecular complexity index is 453. The molecule has 1 atom stereocenters. The molecule has 21 heavy (non-hydrogen) atoms. The highest BCUT2D eigenvalue weighted by Crippen LogP contribution is 1.99. The third-order valence-electron chi connectivity index (χ3n) is 3.11. The van der Waals surface area contributed by atoms with Gasteiger partial charge in [-0.05, 0) is 18.7 Å². The summed E-state index contributed by atoms with van der Waals surface area (Å²) in [5.41, 5.74) is 8.03. The lowest BCUT2D eigenvalue weighted by Gasteiger charge is -2.26. The van der Waals surface area contributed by atoms with E-state index in [-0.39, 0.29) is 12.3 Å². The first-order chi connectivity index (χ1) is 10.1. The van der Waals surface area contributed by atoms with E-state index in [1.165, 1.54) is 0 Å². The van der Waals surface area contributed by atoms with Crippen molar-refractivity contribution in [2.75, 3.05) is 19.6 Å². The summed E-state index contributed by atoms with van der Waals surface area (Å²) in [6, 6.07) is 8.93. The SMILES string of the molecule is CCN(CCNC(=O)c1ccccc1)C(N)CC(=O)NO. The number of hydrogen-bond acceptors (Lipinski definition) is 5. The summed E-state index contributed by atoms with van der Waals surface area (Å²) in [7, 11) is 0. The van der Waals surface area contributed by atoms with Crippen LogP contribution in [0.1, 0.15) is 23.7 Å². The van der Waals surface area contributed by atoms with Crippen molar-refractivity contribution >= 4 is 11.8 Å². The number of likely N-dealkylation sites (N-methyl/N-ethyl adjacent to an activating group) is 1. The van der Waals surface area contributed by atoms with Crippen LogP contribution in [-0.4, -0.2) is 47.7 Å². The molecule has 0 bridgehead atoms. The minimum Gasteiger partial charge on any atom is -0.351 e. The van der Waals surface area contributed by atoms with Crippen LogP contribution < -0.4 is 16.5 Å². The standard InChI is InChI=1S/C14H22N4O3/c1-2-18(12(15)10-13(19)17-21)9-8-16-14(20)11-6-4-3-5-7-11/h3-7,12,21H,2,8-10,15H2,1H3,(H,16,20)(H,17,19). The molecule has 0 fully saturated rings. The predicted molar refractivity (Wildman–Crippen MR) is 78.5 cm³/mol. The Kier molecular flexibility index (Phi) is 7.38. The van der Waals surface area contributed by atoms with Gasteiger partial charge in [0.15, 0.2) is 0 Å². The molecule has 1 unspecified atom stereocenters. The molecule has 0 aromatic heterocycles. The van der Waals surface area contributed by atoms with E-state index in [1.807, 2.05) is 17.9 Å². The molecule has 0 aliphatic rings. The Morgan fingerprint density at radius 1 is 1.33 bits per heavy atom. The van der Waals surface area contributed by atoms with E-state index in [0.717, 1.165) is 0 Å². The molecule has 0 aliphatic carbocycles. The largest absolute Gasteiger partial charge is 0.351 e. The van der Waals surface area contributed by atoms with Crippen LogP contribution in [0.4, 0.5) is 0 Å². The number of carbonyl (C=O) groups excluding carboxylic acids is 2. The van der Waals surface area contributed by atoms with Crippen LogP contribution in [-0.2, 0) is 4.79 Å². The van der Waals surface area contributed by atoms with Gasteiger partial charge in [0.05, 0.1) is 12.6 Å². The molecule has 0 saturated heterocycles. The van der Waals surface area contributed by atoms with Crippen molar-refractivity contribution in [3.63, 3.8) is 0 Å². The van der Waals surface area contributed by atoms with E-state index >= 15 is 0 Å².